The molecule has 0 aliphatic carbocycles. The van der Waals surface area contributed by atoms with Crippen LogP contribution >= 0.6 is 0 Å². The average molecular weight is 341 g/mol. The summed E-state index contributed by atoms with van der Waals surface area (Å²) >= 11 is 0. The van der Waals surface area contributed by atoms with Gasteiger partial charge in [0, 0.05) is 19.3 Å². The van der Waals surface area contributed by atoms with E-state index in [4.69, 9.17) is 14.5 Å². The normalized spacial score (nSPS) is 14.2. The molecular weight excluding hydrogens is 318 g/mol. The molecule has 0 amide bonds. The molecule has 1 aliphatic heterocycles. The number of aromatic nitrogens is 2. The van der Waals surface area contributed by atoms with Gasteiger partial charge in [-0.3, -0.25) is 0 Å². The molecular formula is C19H23N3O3. The third-order valence-electron chi connectivity index (χ3n) is 4.27. The van der Waals surface area contributed by atoms with Crippen molar-refractivity contribution >= 4 is 11.8 Å². The maximum atomic E-state index is 12.3. The van der Waals surface area contributed by atoms with E-state index < -0.39 is 0 Å². The van der Waals surface area contributed by atoms with Crippen molar-refractivity contribution in [2.45, 2.75) is 26.2 Å². The van der Waals surface area contributed by atoms with Crippen LogP contribution in [0.4, 0.5) is 5.82 Å². The van der Waals surface area contributed by atoms with Crippen LogP contribution in [0.15, 0.2) is 30.5 Å². The van der Waals surface area contributed by atoms with Gasteiger partial charge in [0.25, 0.3) is 0 Å². The summed E-state index contributed by atoms with van der Waals surface area (Å²) in [4.78, 5) is 23.6. The molecule has 6 heteroatoms. The molecule has 0 atom stereocenters. The highest BCUT2D eigenvalue weighted by Crippen LogP contribution is 2.30. The van der Waals surface area contributed by atoms with Crippen LogP contribution < -0.4 is 9.64 Å². The van der Waals surface area contributed by atoms with Gasteiger partial charge >= 0.3 is 5.97 Å². The number of para-hydroxylation sites is 1. The second-order valence-corrected chi connectivity index (χ2v) is 5.90. The van der Waals surface area contributed by atoms with E-state index in [-0.39, 0.29) is 5.97 Å². The fraction of sp³-hybridized carbons (Fsp3) is 0.421. The first-order valence-corrected chi connectivity index (χ1v) is 8.67. The summed E-state index contributed by atoms with van der Waals surface area (Å²) in [6.45, 7) is 3.89. The lowest BCUT2D eigenvalue weighted by Crippen LogP contribution is -2.32. The van der Waals surface area contributed by atoms with E-state index in [9.17, 15) is 4.79 Å². The van der Waals surface area contributed by atoms with Gasteiger partial charge in [-0.25, -0.2) is 14.8 Å². The van der Waals surface area contributed by atoms with Crippen LogP contribution in [0, 0.1) is 0 Å². The summed E-state index contributed by atoms with van der Waals surface area (Å²) in [6, 6.07) is 7.61. The maximum Gasteiger partial charge on any atom is 0.343 e. The van der Waals surface area contributed by atoms with Gasteiger partial charge in [0.15, 0.2) is 5.82 Å². The predicted octanol–water partition coefficient (Wildman–Crippen LogP) is 3.32. The third-order valence-corrected chi connectivity index (χ3v) is 4.27. The Morgan fingerprint density at radius 1 is 1.20 bits per heavy atom. The number of carbonyl (C=O) groups excluding carboxylic acids is 1. The number of esters is 1. The number of methoxy groups -OCH3 is 1. The van der Waals surface area contributed by atoms with Crippen LogP contribution in [-0.2, 0) is 4.74 Å². The quantitative estimate of drug-likeness (QED) is 0.777. The molecule has 6 nitrogen and oxygen atoms in total. The number of carbonyl (C=O) groups is 1. The molecule has 0 spiro atoms. The molecule has 3 rings (SSSR count). The van der Waals surface area contributed by atoms with Crippen LogP contribution in [0.2, 0.25) is 0 Å². The number of piperidine rings is 1. The zero-order valence-electron chi connectivity index (χ0n) is 14.7. The minimum absolute atomic E-state index is 0.326. The van der Waals surface area contributed by atoms with Crippen molar-refractivity contribution in [3.8, 4) is 17.1 Å². The third kappa shape index (κ3) is 3.73. The van der Waals surface area contributed by atoms with Gasteiger partial charge in [-0.1, -0.05) is 12.1 Å². The topological polar surface area (TPSA) is 64.5 Å². The predicted molar refractivity (Wildman–Crippen MR) is 96.0 cm³/mol. The Morgan fingerprint density at radius 3 is 2.68 bits per heavy atom. The first-order valence-electron chi connectivity index (χ1n) is 8.67. The van der Waals surface area contributed by atoms with E-state index in [2.05, 4.69) is 9.88 Å². The zero-order valence-corrected chi connectivity index (χ0v) is 14.7. The van der Waals surface area contributed by atoms with Crippen molar-refractivity contribution in [1.29, 1.82) is 0 Å². The number of rotatable bonds is 5. The monoisotopic (exact) mass is 341 g/mol. The number of benzene rings is 1. The first-order chi connectivity index (χ1) is 12.2. The smallest absolute Gasteiger partial charge is 0.343 e. The highest BCUT2D eigenvalue weighted by atomic mass is 16.5. The first kappa shape index (κ1) is 17.2. The van der Waals surface area contributed by atoms with Crippen LogP contribution in [0.1, 0.15) is 36.5 Å². The molecule has 1 fully saturated rings. The Hall–Kier alpha value is -2.63. The van der Waals surface area contributed by atoms with Crippen molar-refractivity contribution in [1.82, 2.24) is 9.97 Å². The Morgan fingerprint density at radius 2 is 1.96 bits per heavy atom. The number of nitrogens with zero attached hydrogens (tertiary/aromatic N) is 3. The van der Waals surface area contributed by atoms with Crippen molar-refractivity contribution in [3.05, 3.63) is 36.0 Å². The number of hydrogen-bond donors (Lipinski definition) is 0. The maximum absolute atomic E-state index is 12.3. The molecule has 0 bridgehead atoms. The van der Waals surface area contributed by atoms with Gasteiger partial charge in [0.05, 0.1) is 19.3 Å². The van der Waals surface area contributed by atoms with E-state index in [1.165, 1.54) is 6.42 Å². The Labute approximate surface area is 147 Å². The van der Waals surface area contributed by atoms with Crippen molar-refractivity contribution in [2.24, 2.45) is 0 Å². The number of ether oxygens (including phenoxy) is 2. The molecule has 1 aromatic carbocycles. The van der Waals surface area contributed by atoms with Crippen LogP contribution in [-0.4, -0.2) is 42.7 Å². The summed E-state index contributed by atoms with van der Waals surface area (Å²) in [5.74, 6) is 1.52. The highest BCUT2D eigenvalue weighted by molar-refractivity contribution is 5.95. The molecule has 2 heterocycles. The molecule has 1 aliphatic rings. The molecule has 132 valence electrons. The Kier molecular flexibility index (Phi) is 5.48. The van der Waals surface area contributed by atoms with Crippen molar-refractivity contribution in [2.75, 3.05) is 31.7 Å². The van der Waals surface area contributed by atoms with Gasteiger partial charge < -0.3 is 14.4 Å². The van der Waals surface area contributed by atoms with Gasteiger partial charge in [0.1, 0.15) is 17.1 Å². The van der Waals surface area contributed by atoms with Crippen molar-refractivity contribution in [3.63, 3.8) is 0 Å². The molecule has 1 aromatic heterocycles. The summed E-state index contributed by atoms with van der Waals surface area (Å²) < 4.78 is 10.6. The summed E-state index contributed by atoms with van der Waals surface area (Å²) in [6.07, 6.45) is 4.96. The Balaban J connectivity index is 2.05. The lowest BCUT2D eigenvalue weighted by atomic mass is 10.1. The Bertz CT molecular complexity index is 742. The second kappa shape index (κ2) is 7.96. The highest BCUT2D eigenvalue weighted by Gasteiger charge is 2.23. The van der Waals surface area contributed by atoms with E-state index in [1.54, 1.807) is 20.2 Å². The van der Waals surface area contributed by atoms with Crippen molar-refractivity contribution < 1.29 is 14.3 Å². The summed E-state index contributed by atoms with van der Waals surface area (Å²) in [5, 5.41) is 0. The van der Waals surface area contributed by atoms with Crippen LogP contribution in [0.5, 0.6) is 5.75 Å². The fourth-order valence-corrected chi connectivity index (χ4v) is 3.03. The second-order valence-electron chi connectivity index (χ2n) is 5.90. The SMILES string of the molecule is CCOC(=O)c1cnc(-c2ccccc2OC)nc1N1CCCCC1. The molecule has 0 unspecified atom stereocenters. The largest absolute Gasteiger partial charge is 0.496 e. The van der Waals surface area contributed by atoms with E-state index in [1.807, 2.05) is 24.3 Å². The summed E-state index contributed by atoms with van der Waals surface area (Å²) in [7, 11) is 1.62. The molecule has 0 N–H and O–H groups in total. The van der Waals surface area contributed by atoms with E-state index >= 15 is 0 Å². The van der Waals surface area contributed by atoms with Gasteiger partial charge in [0.2, 0.25) is 0 Å². The van der Waals surface area contributed by atoms with Gasteiger partial charge in [-0.05, 0) is 38.3 Å². The lowest BCUT2D eigenvalue weighted by molar-refractivity contribution is 0.0526. The van der Waals surface area contributed by atoms with Crippen LogP contribution in [0.25, 0.3) is 11.4 Å². The summed E-state index contributed by atoms with van der Waals surface area (Å²) in [5.41, 5.74) is 1.22. The molecule has 2 aromatic rings. The molecule has 25 heavy (non-hydrogen) atoms. The minimum atomic E-state index is -0.380. The zero-order chi connectivity index (χ0) is 17.6. The molecule has 0 radical (unpaired) electrons. The fourth-order valence-electron chi connectivity index (χ4n) is 3.03. The minimum Gasteiger partial charge on any atom is -0.496 e. The molecule has 1 saturated heterocycles. The molecule has 0 saturated carbocycles. The van der Waals surface area contributed by atoms with Gasteiger partial charge in [-0.15, -0.1) is 0 Å². The van der Waals surface area contributed by atoms with Crippen LogP contribution in [0.3, 0.4) is 0 Å². The van der Waals surface area contributed by atoms with Gasteiger partial charge in [-0.2, -0.15) is 0 Å². The standard InChI is InChI=1S/C19H23N3O3/c1-3-25-19(23)15-13-20-17(14-9-5-6-10-16(14)24-2)21-18(15)22-11-7-4-8-12-22/h5-6,9-10,13H,3-4,7-8,11-12H2,1-2H3. The number of anilines is 1. The van der Waals surface area contributed by atoms with E-state index in [0.29, 0.717) is 29.6 Å². The average Bonchev–Trinajstić information content (AvgIpc) is 2.68. The number of hydrogen-bond acceptors (Lipinski definition) is 6. The van der Waals surface area contributed by atoms with E-state index in [0.717, 1.165) is 31.5 Å². The lowest BCUT2D eigenvalue weighted by Gasteiger charge is -2.29.